The maximum absolute atomic E-state index is 11.9. The molecule has 0 amide bonds. The molecule has 0 aliphatic rings. The zero-order valence-electron chi connectivity index (χ0n) is 6.04. The van der Waals surface area contributed by atoms with Gasteiger partial charge >= 0.3 is 0 Å². The van der Waals surface area contributed by atoms with Crippen LogP contribution in [-0.4, -0.2) is 21.3 Å². The molecule has 0 radical (unpaired) electrons. The molecule has 1 rings (SSSR count). The molecular weight excluding hydrogens is 234 g/mol. The normalized spacial score (nSPS) is 11.1. The summed E-state index contributed by atoms with van der Waals surface area (Å²) in [5, 5.41) is 12.4. The number of nitrogens with zero attached hydrogens (tertiary/aromatic N) is 2. The molecule has 3 nitrogen and oxygen atoms in total. The van der Waals surface area contributed by atoms with Crippen LogP contribution in [0.3, 0.4) is 0 Å². The van der Waals surface area contributed by atoms with Crippen LogP contribution in [0.1, 0.15) is 5.56 Å². The second kappa shape index (κ2) is 3.95. The molecular formula is C6H7BrF2N2O. The number of aromatic nitrogens is 2. The van der Waals surface area contributed by atoms with Gasteiger partial charge in [0.25, 0.3) is 6.43 Å². The van der Waals surface area contributed by atoms with Crippen molar-refractivity contribution in [3.05, 3.63) is 16.4 Å². The summed E-state index contributed by atoms with van der Waals surface area (Å²) in [6.45, 7) is -0.662. The Hall–Kier alpha value is -0.490. The van der Waals surface area contributed by atoms with Gasteiger partial charge < -0.3 is 5.11 Å². The summed E-state index contributed by atoms with van der Waals surface area (Å²) in [7, 11) is 0. The van der Waals surface area contributed by atoms with E-state index in [0.717, 1.165) is 4.68 Å². The highest BCUT2D eigenvalue weighted by Gasteiger charge is 2.10. The van der Waals surface area contributed by atoms with Gasteiger partial charge in [-0.25, -0.2) is 8.78 Å². The molecule has 0 aliphatic carbocycles. The molecule has 0 aromatic carbocycles. The average molecular weight is 241 g/mol. The first-order valence-electron chi connectivity index (χ1n) is 3.24. The number of hydrogen-bond acceptors (Lipinski definition) is 2. The van der Waals surface area contributed by atoms with Crippen LogP contribution in [0.5, 0.6) is 0 Å². The molecule has 1 heterocycles. The van der Waals surface area contributed by atoms with Gasteiger partial charge in [-0.3, -0.25) is 4.68 Å². The Balaban J connectivity index is 2.80. The van der Waals surface area contributed by atoms with Crippen LogP contribution in [-0.2, 0) is 13.2 Å². The Bertz CT molecular complexity index is 264. The van der Waals surface area contributed by atoms with Crippen molar-refractivity contribution < 1.29 is 13.9 Å². The van der Waals surface area contributed by atoms with Gasteiger partial charge in [0, 0.05) is 5.56 Å². The molecule has 0 bridgehead atoms. The van der Waals surface area contributed by atoms with E-state index in [1.54, 1.807) is 0 Å². The van der Waals surface area contributed by atoms with E-state index in [2.05, 4.69) is 21.0 Å². The maximum Gasteiger partial charge on any atom is 0.257 e. The Labute approximate surface area is 76.1 Å². The van der Waals surface area contributed by atoms with Gasteiger partial charge in [0.2, 0.25) is 0 Å². The molecule has 0 atom stereocenters. The molecule has 1 N–H and O–H groups in total. The van der Waals surface area contributed by atoms with E-state index in [9.17, 15) is 8.78 Å². The lowest BCUT2D eigenvalue weighted by Crippen LogP contribution is -2.08. The summed E-state index contributed by atoms with van der Waals surface area (Å²) in [6, 6.07) is 0. The maximum atomic E-state index is 11.9. The van der Waals surface area contributed by atoms with Crippen molar-refractivity contribution in [3.8, 4) is 0 Å². The number of alkyl halides is 2. The first-order chi connectivity index (χ1) is 5.65. The van der Waals surface area contributed by atoms with Crippen molar-refractivity contribution in [3.63, 3.8) is 0 Å². The largest absolute Gasteiger partial charge is 0.392 e. The Morgan fingerprint density at radius 3 is 2.75 bits per heavy atom. The molecule has 0 saturated heterocycles. The predicted molar refractivity (Wildman–Crippen MR) is 41.9 cm³/mol. The van der Waals surface area contributed by atoms with Gasteiger partial charge in [-0.2, -0.15) is 5.10 Å². The summed E-state index contributed by atoms with van der Waals surface area (Å²) in [5.41, 5.74) is 0.510. The minimum Gasteiger partial charge on any atom is -0.392 e. The zero-order valence-corrected chi connectivity index (χ0v) is 7.63. The lowest BCUT2D eigenvalue weighted by molar-refractivity contribution is 0.120. The molecule has 0 unspecified atom stereocenters. The zero-order chi connectivity index (χ0) is 9.14. The third-order valence-corrected chi connectivity index (χ3v) is 2.24. The Morgan fingerprint density at radius 1 is 1.67 bits per heavy atom. The van der Waals surface area contributed by atoms with E-state index in [4.69, 9.17) is 5.11 Å². The number of hydrogen-bond donors (Lipinski definition) is 1. The second-order valence-electron chi connectivity index (χ2n) is 2.19. The number of aliphatic hydroxyl groups excluding tert-OH is 1. The van der Waals surface area contributed by atoms with E-state index < -0.39 is 13.0 Å². The third kappa shape index (κ3) is 2.01. The fraction of sp³-hybridized carbons (Fsp3) is 0.500. The second-order valence-corrected chi connectivity index (χ2v) is 2.94. The smallest absolute Gasteiger partial charge is 0.257 e. The van der Waals surface area contributed by atoms with Crippen LogP contribution in [0.15, 0.2) is 10.8 Å². The van der Waals surface area contributed by atoms with Gasteiger partial charge in [0.1, 0.15) is 11.1 Å². The van der Waals surface area contributed by atoms with Crippen molar-refractivity contribution in [2.24, 2.45) is 0 Å². The minimum absolute atomic E-state index is 0.205. The number of halogens is 3. The molecule has 1 aromatic heterocycles. The molecule has 0 spiro atoms. The topological polar surface area (TPSA) is 38.1 Å². The SMILES string of the molecule is OCc1cnn(CC(F)F)c1Br. The van der Waals surface area contributed by atoms with E-state index in [1.165, 1.54) is 6.20 Å². The number of aliphatic hydroxyl groups is 1. The van der Waals surface area contributed by atoms with Crippen molar-refractivity contribution in [1.82, 2.24) is 9.78 Å². The van der Waals surface area contributed by atoms with E-state index in [-0.39, 0.29) is 6.61 Å². The summed E-state index contributed by atoms with van der Waals surface area (Å²) < 4.78 is 25.3. The van der Waals surface area contributed by atoms with Crippen molar-refractivity contribution in [1.29, 1.82) is 0 Å². The highest BCUT2D eigenvalue weighted by atomic mass is 79.9. The molecule has 0 saturated carbocycles. The highest BCUT2D eigenvalue weighted by Crippen LogP contribution is 2.16. The lowest BCUT2D eigenvalue weighted by Gasteiger charge is -2.01. The van der Waals surface area contributed by atoms with Crippen LogP contribution in [0.4, 0.5) is 8.78 Å². The molecule has 68 valence electrons. The molecule has 1 aromatic rings. The van der Waals surface area contributed by atoms with Crippen LogP contribution in [0.2, 0.25) is 0 Å². The molecule has 12 heavy (non-hydrogen) atoms. The Morgan fingerprint density at radius 2 is 2.33 bits per heavy atom. The summed E-state index contributed by atoms with van der Waals surface area (Å²) >= 11 is 3.05. The van der Waals surface area contributed by atoms with Crippen molar-refractivity contribution >= 4 is 15.9 Å². The van der Waals surface area contributed by atoms with Crippen LogP contribution >= 0.6 is 15.9 Å². The van der Waals surface area contributed by atoms with Crippen molar-refractivity contribution in [2.45, 2.75) is 19.6 Å². The van der Waals surface area contributed by atoms with E-state index in [0.29, 0.717) is 10.2 Å². The van der Waals surface area contributed by atoms with Crippen molar-refractivity contribution in [2.75, 3.05) is 0 Å². The van der Waals surface area contributed by atoms with Gasteiger partial charge in [-0.15, -0.1) is 0 Å². The average Bonchev–Trinajstić information content (AvgIpc) is 2.32. The lowest BCUT2D eigenvalue weighted by atomic mass is 10.4. The van der Waals surface area contributed by atoms with E-state index in [1.807, 2.05) is 0 Å². The first kappa shape index (κ1) is 9.60. The summed E-state index contributed by atoms with van der Waals surface area (Å²) in [5.74, 6) is 0. The summed E-state index contributed by atoms with van der Waals surface area (Å²) in [4.78, 5) is 0. The molecule has 6 heteroatoms. The predicted octanol–water partition coefficient (Wildman–Crippen LogP) is 1.40. The highest BCUT2D eigenvalue weighted by molar-refractivity contribution is 9.10. The fourth-order valence-corrected chi connectivity index (χ4v) is 1.24. The standard InChI is InChI=1S/C6H7BrF2N2O/c7-6-4(3-12)1-10-11(6)2-5(8)9/h1,5,12H,2-3H2. The first-order valence-corrected chi connectivity index (χ1v) is 4.03. The van der Waals surface area contributed by atoms with Gasteiger partial charge in [0.15, 0.2) is 0 Å². The van der Waals surface area contributed by atoms with Gasteiger partial charge in [-0.05, 0) is 15.9 Å². The van der Waals surface area contributed by atoms with Gasteiger partial charge in [0.05, 0.1) is 12.8 Å². The Kier molecular flexibility index (Phi) is 3.16. The molecule has 0 aliphatic heterocycles. The van der Waals surface area contributed by atoms with Crippen LogP contribution in [0.25, 0.3) is 0 Å². The number of rotatable bonds is 3. The third-order valence-electron chi connectivity index (χ3n) is 1.33. The van der Waals surface area contributed by atoms with Gasteiger partial charge in [-0.1, -0.05) is 0 Å². The molecule has 0 fully saturated rings. The summed E-state index contributed by atoms with van der Waals surface area (Å²) in [6.07, 6.45) is -1.08. The van der Waals surface area contributed by atoms with Crippen LogP contribution in [0, 0.1) is 0 Å². The monoisotopic (exact) mass is 240 g/mol. The van der Waals surface area contributed by atoms with Crippen LogP contribution < -0.4 is 0 Å². The fourth-order valence-electron chi connectivity index (χ4n) is 0.773. The minimum atomic E-state index is -2.44. The van der Waals surface area contributed by atoms with E-state index >= 15 is 0 Å². The quantitative estimate of drug-likeness (QED) is 0.868.